The number of rotatable bonds is 4. The second kappa shape index (κ2) is 9.04. The summed E-state index contributed by atoms with van der Waals surface area (Å²) in [5.41, 5.74) is 5.21. The molecule has 6 heteroatoms. The monoisotopic (exact) mass is 411 g/mol. The number of carbonyl (C=O) groups is 2. The number of benzene rings is 1. The Morgan fingerprint density at radius 2 is 1.93 bits per heavy atom. The second-order valence-corrected chi connectivity index (χ2v) is 8.43. The van der Waals surface area contributed by atoms with Crippen LogP contribution in [0.3, 0.4) is 0 Å². The number of likely N-dealkylation sites (N-methyl/N-ethyl adjacent to an activating group) is 1. The van der Waals surface area contributed by atoms with Crippen molar-refractivity contribution >= 4 is 28.4 Å². The maximum atomic E-state index is 12.9. The zero-order valence-corrected chi connectivity index (χ0v) is 18.6. The molecule has 30 heavy (non-hydrogen) atoms. The van der Waals surface area contributed by atoms with E-state index in [1.54, 1.807) is 13.8 Å². The first-order valence-electron chi connectivity index (χ1n) is 10.8. The molecule has 0 fully saturated rings. The molecule has 1 aromatic heterocycles. The molecule has 2 heterocycles. The lowest BCUT2D eigenvalue weighted by molar-refractivity contribution is -0.140. The van der Waals surface area contributed by atoms with Crippen LogP contribution in [0.1, 0.15) is 38.8 Å². The smallest absolute Gasteiger partial charge is 0.305 e. The highest BCUT2D eigenvalue weighted by molar-refractivity contribution is 5.99. The van der Waals surface area contributed by atoms with Crippen LogP contribution in [0.4, 0.5) is 0 Å². The molecule has 0 unspecified atom stereocenters. The molecule has 4 rings (SSSR count). The fourth-order valence-electron chi connectivity index (χ4n) is 4.38. The molecule has 2 atom stereocenters. The van der Waals surface area contributed by atoms with Crippen LogP contribution < -0.4 is 0 Å². The summed E-state index contributed by atoms with van der Waals surface area (Å²) in [6.45, 7) is 9.75. The van der Waals surface area contributed by atoms with Gasteiger partial charge >= 0.3 is 5.97 Å². The Balaban J connectivity index is 0.000000377. The van der Waals surface area contributed by atoms with Gasteiger partial charge in [-0.2, -0.15) is 0 Å². The molecular weight excluding hydrogens is 378 g/mol. The number of fused-ring (bicyclic) bond motifs is 2. The molecule has 0 saturated heterocycles. The molecule has 0 bridgehead atoms. The molecule has 2 aliphatic rings. The quantitative estimate of drug-likeness (QED) is 0.805. The average Bonchev–Trinajstić information content (AvgIpc) is 3.14. The van der Waals surface area contributed by atoms with E-state index in [1.165, 1.54) is 27.6 Å². The number of carbonyl (C=O) groups excluding carboxylic acids is 1. The summed E-state index contributed by atoms with van der Waals surface area (Å²) in [6.07, 6.45) is 5.41. The van der Waals surface area contributed by atoms with E-state index in [-0.39, 0.29) is 17.7 Å². The lowest BCUT2D eigenvalue weighted by Crippen LogP contribution is -2.47. The minimum atomic E-state index is -0.741. The van der Waals surface area contributed by atoms with Gasteiger partial charge in [-0.1, -0.05) is 32.1 Å². The van der Waals surface area contributed by atoms with Crippen molar-refractivity contribution in [3.8, 4) is 0 Å². The Hall–Kier alpha value is -2.60. The summed E-state index contributed by atoms with van der Waals surface area (Å²) in [6, 6.07) is 6.82. The van der Waals surface area contributed by atoms with Crippen molar-refractivity contribution in [2.24, 2.45) is 11.8 Å². The van der Waals surface area contributed by atoms with E-state index in [0.29, 0.717) is 6.04 Å². The zero-order chi connectivity index (χ0) is 22.0. The Labute approximate surface area is 178 Å². The van der Waals surface area contributed by atoms with Crippen LogP contribution in [0.5, 0.6) is 0 Å². The van der Waals surface area contributed by atoms with E-state index >= 15 is 0 Å². The van der Waals surface area contributed by atoms with Crippen molar-refractivity contribution < 1.29 is 14.7 Å². The highest BCUT2D eigenvalue weighted by atomic mass is 16.4. The average molecular weight is 412 g/mol. The van der Waals surface area contributed by atoms with Crippen molar-refractivity contribution in [3.05, 3.63) is 41.6 Å². The molecule has 1 aliphatic heterocycles. The Morgan fingerprint density at radius 3 is 2.53 bits per heavy atom. The van der Waals surface area contributed by atoms with Crippen LogP contribution in [-0.4, -0.2) is 64.5 Å². The fourth-order valence-corrected chi connectivity index (χ4v) is 4.38. The number of hydrogen-bond acceptors (Lipinski definition) is 3. The predicted octanol–water partition coefficient (Wildman–Crippen LogP) is 3.63. The first kappa shape index (κ1) is 22.1. The van der Waals surface area contributed by atoms with E-state index in [1.807, 2.05) is 4.90 Å². The Kier molecular flexibility index (Phi) is 6.66. The van der Waals surface area contributed by atoms with Crippen LogP contribution in [0.25, 0.3) is 16.5 Å². The standard InChI is InChI=1S/C20H25N3O.C4H8O2/c1-4-23(5-2)20(24)14-9-16-15-7-6-8-17-19(15)13(11-21-17)10-18(16)22(3)12-14;1-3(2)4(5)6/h6-9,11,14,18,21H,4-5,10,12H2,1-3H3;3H,1-2H3,(H,5,6)/t14-,18-;/m1./s1. The first-order chi connectivity index (χ1) is 14.3. The number of aliphatic carboxylic acids is 1. The number of carboxylic acids is 1. The van der Waals surface area contributed by atoms with Crippen LogP contribution in [0.15, 0.2) is 30.5 Å². The number of carboxylic acid groups (broad SMARTS) is 1. The zero-order valence-electron chi connectivity index (χ0n) is 18.6. The van der Waals surface area contributed by atoms with E-state index in [0.717, 1.165) is 26.1 Å². The van der Waals surface area contributed by atoms with Gasteiger partial charge in [-0.05, 0) is 50.1 Å². The lowest BCUT2D eigenvalue weighted by atomic mass is 9.79. The summed E-state index contributed by atoms with van der Waals surface area (Å²) in [4.78, 5) is 30.3. The van der Waals surface area contributed by atoms with Crippen molar-refractivity contribution in [1.82, 2.24) is 14.8 Å². The summed E-state index contributed by atoms with van der Waals surface area (Å²) in [7, 11) is 2.15. The van der Waals surface area contributed by atoms with Gasteiger partial charge in [-0.25, -0.2) is 0 Å². The van der Waals surface area contributed by atoms with E-state index in [2.05, 4.69) is 61.3 Å². The van der Waals surface area contributed by atoms with Gasteiger partial charge in [-0.3, -0.25) is 14.5 Å². The van der Waals surface area contributed by atoms with E-state index in [9.17, 15) is 9.59 Å². The number of aromatic nitrogens is 1. The van der Waals surface area contributed by atoms with Crippen molar-refractivity contribution in [1.29, 1.82) is 0 Å². The Morgan fingerprint density at radius 1 is 1.27 bits per heavy atom. The third-order valence-corrected chi connectivity index (χ3v) is 6.15. The van der Waals surface area contributed by atoms with Crippen LogP contribution in [-0.2, 0) is 16.0 Å². The SMILES string of the molecule is CC(C)C(=O)O.CCN(CC)C(=O)[C@@H]1C=C2c3cccc4[nH]cc(c34)C[C@H]2N(C)C1. The van der Waals surface area contributed by atoms with Crippen molar-refractivity contribution in [2.75, 3.05) is 26.7 Å². The number of amides is 1. The van der Waals surface area contributed by atoms with Gasteiger partial charge in [0.05, 0.1) is 11.8 Å². The first-order valence-corrected chi connectivity index (χ1v) is 10.8. The molecule has 0 spiro atoms. The van der Waals surface area contributed by atoms with Crippen LogP contribution in [0.2, 0.25) is 0 Å². The number of aromatic amines is 1. The second-order valence-electron chi connectivity index (χ2n) is 8.43. The molecule has 1 amide bonds. The van der Waals surface area contributed by atoms with Gasteiger partial charge in [0.2, 0.25) is 5.91 Å². The normalized spacial score (nSPS) is 20.3. The lowest BCUT2D eigenvalue weighted by Gasteiger charge is -2.40. The number of nitrogens with zero attached hydrogens (tertiary/aromatic N) is 2. The topological polar surface area (TPSA) is 76.6 Å². The van der Waals surface area contributed by atoms with Gasteiger partial charge in [0, 0.05) is 42.8 Å². The van der Waals surface area contributed by atoms with Gasteiger partial charge in [0.1, 0.15) is 0 Å². The summed E-state index contributed by atoms with van der Waals surface area (Å²) < 4.78 is 0. The minimum absolute atomic E-state index is 0.0445. The van der Waals surface area contributed by atoms with E-state index < -0.39 is 5.97 Å². The molecule has 2 N–H and O–H groups in total. The molecule has 2 aromatic rings. The van der Waals surface area contributed by atoms with Gasteiger partial charge in [0.25, 0.3) is 0 Å². The summed E-state index contributed by atoms with van der Waals surface area (Å²) in [5, 5.41) is 9.33. The highest BCUT2D eigenvalue weighted by Crippen LogP contribution is 2.40. The molecule has 6 nitrogen and oxygen atoms in total. The number of hydrogen-bond donors (Lipinski definition) is 2. The third kappa shape index (κ3) is 4.15. The number of H-pyrrole nitrogens is 1. The maximum absolute atomic E-state index is 12.9. The van der Waals surface area contributed by atoms with Gasteiger partial charge < -0.3 is 15.0 Å². The number of nitrogens with one attached hydrogen (secondary N) is 1. The molecule has 162 valence electrons. The van der Waals surface area contributed by atoms with Gasteiger partial charge in [0.15, 0.2) is 0 Å². The predicted molar refractivity (Wildman–Crippen MR) is 120 cm³/mol. The molecule has 0 radical (unpaired) electrons. The largest absolute Gasteiger partial charge is 0.481 e. The molecule has 1 aromatic carbocycles. The molecular formula is C24H33N3O3. The molecule has 1 aliphatic carbocycles. The summed E-state index contributed by atoms with van der Waals surface area (Å²) >= 11 is 0. The molecule has 0 saturated carbocycles. The van der Waals surface area contributed by atoms with E-state index in [4.69, 9.17) is 5.11 Å². The fraction of sp³-hybridized carbons (Fsp3) is 0.500. The minimum Gasteiger partial charge on any atom is -0.481 e. The summed E-state index contributed by atoms with van der Waals surface area (Å²) in [5.74, 6) is -0.762. The van der Waals surface area contributed by atoms with Crippen molar-refractivity contribution in [3.63, 3.8) is 0 Å². The third-order valence-electron chi connectivity index (χ3n) is 6.15. The van der Waals surface area contributed by atoms with Crippen LogP contribution in [0, 0.1) is 11.8 Å². The van der Waals surface area contributed by atoms with Gasteiger partial charge in [-0.15, -0.1) is 0 Å². The highest BCUT2D eigenvalue weighted by Gasteiger charge is 2.36. The van der Waals surface area contributed by atoms with Crippen LogP contribution >= 0.6 is 0 Å². The Bertz CT molecular complexity index is 956. The van der Waals surface area contributed by atoms with Crippen molar-refractivity contribution in [2.45, 2.75) is 40.2 Å². The maximum Gasteiger partial charge on any atom is 0.305 e.